The standard InChI is InChI=1S/C37H47F3O/c1-3-5-7-9-11-13-27-15-24-35(41-26-27)33-23-21-31(25-34(33)38)28-16-18-29(19-17-28)32-22-20-30(36(39)37(32)40)14-12-10-8-6-4-2/h16-23,25,27,35H,3-15,24,26H2,1-2H3. The number of benzene rings is 3. The second kappa shape index (κ2) is 16.2. The third-order valence-electron chi connectivity index (χ3n) is 8.67. The molecule has 0 aliphatic carbocycles. The molecule has 0 bridgehead atoms. The van der Waals surface area contributed by atoms with Crippen LogP contribution in [-0.2, 0) is 11.2 Å². The number of unbranched alkanes of at least 4 members (excludes halogenated alkanes) is 8. The predicted octanol–water partition coefficient (Wildman–Crippen LogP) is 11.8. The van der Waals surface area contributed by atoms with Crippen LogP contribution in [0.4, 0.5) is 13.2 Å². The molecule has 1 aliphatic rings. The van der Waals surface area contributed by atoms with Gasteiger partial charge in [0.05, 0.1) is 12.7 Å². The van der Waals surface area contributed by atoms with Crippen LogP contribution in [0.25, 0.3) is 22.3 Å². The quantitative estimate of drug-likeness (QED) is 0.167. The van der Waals surface area contributed by atoms with Gasteiger partial charge in [-0.3, -0.25) is 0 Å². The number of halogens is 3. The molecule has 0 radical (unpaired) electrons. The van der Waals surface area contributed by atoms with Gasteiger partial charge in [-0.2, -0.15) is 0 Å². The van der Waals surface area contributed by atoms with E-state index in [1.807, 2.05) is 24.3 Å². The Bertz CT molecular complexity index is 1210. The highest BCUT2D eigenvalue weighted by Gasteiger charge is 2.25. The smallest absolute Gasteiger partial charge is 0.166 e. The first kappa shape index (κ1) is 31.3. The molecule has 1 nitrogen and oxygen atoms in total. The van der Waals surface area contributed by atoms with Crippen LogP contribution in [-0.4, -0.2) is 6.61 Å². The number of hydrogen-bond acceptors (Lipinski definition) is 1. The lowest BCUT2D eigenvalue weighted by molar-refractivity contribution is -0.0215. The van der Waals surface area contributed by atoms with Crippen molar-refractivity contribution in [2.24, 2.45) is 5.92 Å². The molecule has 0 saturated carbocycles. The largest absolute Gasteiger partial charge is 0.373 e. The highest BCUT2D eigenvalue weighted by Crippen LogP contribution is 2.36. The van der Waals surface area contributed by atoms with E-state index in [2.05, 4.69) is 13.8 Å². The van der Waals surface area contributed by atoms with E-state index in [0.29, 0.717) is 35.6 Å². The van der Waals surface area contributed by atoms with Crippen LogP contribution < -0.4 is 0 Å². The number of rotatable bonds is 15. The summed E-state index contributed by atoms with van der Waals surface area (Å²) in [6.45, 7) is 5.10. The molecule has 1 heterocycles. The summed E-state index contributed by atoms with van der Waals surface area (Å²) in [5, 5.41) is 0. The van der Waals surface area contributed by atoms with E-state index in [1.165, 1.54) is 44.9 Å². The van der Waals surface area contributed by atoms with Gasteiger partial charge in [0.25, 0.3) is 0 Å². The average molecular weight is 565 g/mol. The zero-order valence-corrected chi connectivity index (χ0v) is 25.0. The van der Waals surface area contributed by atoms with Gasteiger partial charge in [0.2, 0.25) is 0 Å². The van der Waals surface area contributed by atoms with Crippen molar-refractivity contribution < 1.29 is 17.9 Å². The van der Waals surface area contributed by atoms with Gasteiger partial charge < -0.3 is 4.74 Å². The van der Waals surface area contributed by atoms with Gasteiger partial charge >= 0.3 is 0 Å². The average Bonchev–Trinajstić information content (AvgIpc) is 2.99. The van der Waals surface area contributed by atoms with E-state index in [4.69, 9.17) is 4.74 Å². The second-order valence-corrected chi connectivity index (χ2v) is 11.8. The Labute approximate surface area is 245 Å². The van der Waals surface area contributed by atoms with Crippen molar-refractivity contribution in [2.45, 2.75) is 110 Å². The van der Waals surface area contributed by atoms with E-state index in [-0.39, 0.29) is 17.5 Å². The van der Waals surface area contributed by atoms with Crippen LogP contribution in [0.15, 0.2) is 54.6 Å². The monoisotopic (exact) mass is 564 g/mol. The summed E-state index contributed by atoms with van der Waals surface area (Å²) in [5.41, 5.74) is 3.50. The number of hydrogen-bond donors (Lipinski definition) is 0. The van der Waals surface area contributed by atoms with Crippen molar-refractivity contribution in [3.8, 4) is 22.3 Å². The van der Waals surface area contributed by atoms with Gasteiger partial charge in [0.15, 0.2) is 11.6 Å². The van der Waals surface area contributed by atoms with Crippen molar-refractivity contribution in [2.75, 3.05) is 6.61 Å². The fourth-order valence-corrected chi connectivity index (χ4v) is 6.05. The van der Waals surface area contributed by atoms with Crippen molar-refractivity contribution in [3.63, 3.8) is 0 Å². The normalized spacial score (nSPS) is 17.2. The van der Waals surface area contributed by atoms with Crippen LogP contribution >= 0.6 is 0 Å². The molecule has 3 aromatic carbocycles. The fraction of sp³-hybridized carbons (Fsp3) is 0.514. The first-order valence-corrected chi connectivity index (χ1v) is 16.0. The summed E-state index contributed by atoms with van der Waals surface area (Å²) < 4.78 is 51.1. The Morgan fingerprint density at radius 3 is 1.98 bits per heavy atom. The van der Waals surface area contributed by atoms with E-state index < -0.39 is 11.6 Å². The number of ether oxygens (including phenoxy) is 1. The van der Waals surface area contributed by atoms with Crippen LogP contribution in [0, 0.1) is 23.4 Å². The second-order valence-electron chi connectivity index (χ2n) is 11.8. The third-order valence-corrected chi connectivity index (χ3v) is 8.67. The molecular weight excluding hydrogens is 517 g/mol. The fourth-order valence-electron chi connectivity index (χ4n) is 6.05. The molecule has 1 aliphatic heterocycles. The Morgan fingerprint density at radius 1 is 0.659 bits per heavy atom. The van der Waals surface area contributed by atoms with Crippen molar-refractivity contribution >= 4 is 0 Å². The van der Waals surface area contributed by atoms with E-state index in [9.17, 15) is 8.78 Å². The topological polar surface area (TPSA) is 9.23 Å². The molecule has 2 unspecified atom stereocenters. The maximum atomic E-state index is 15.2. The lowest BCUT2D eigenvalue weighted by Crippen LogP contribution is -2.21. The summed E-state index contributed by atoms with van der Waals surface area (Å²) in [4.78, 5) is 0. The minimum Gasteiger partial charge on any atom is -0.373 e. The van der Waals surface area contributed by atoms with Crippen molar-refractivity contribution in [3.05, 3.63) is 83.2 Å². The number of aryl methyl sites for hydroxylation is 1. The lowest BCUT2D eigenvalue weighted by Gasteiger charge is -2.29. The Hall–Kier alpha value is -2.59. The van der Waals surface area contributed by atoms with Gasteiger partial charge in [0, 0.05) is 11.1 Å². The molecule has 1 saturated heterocycles. The molecule has 0 amide bonds. The molecule has 222 valence electrons. The lowest BCUT2D eigenvalue weighted by atomic mass is 9.90. The minimum absolute atomic E-state index is 0.194. The van der Waals surface area contributed by atoms with Crippen LogP contribution in [0.2, 0.25) is 0 Å². The minimum atomic E-state index is -0.801. The molecule has 41 heavy (non-hydrogen) atoms. The highest BCUT2D eigenvalue weighted by atomic mass is 19.2. The Kier molecular flexibility index (Phi) is 12.4. The van der Waals surface area contributed by atoms with E-state index in [1.54, 1.807) is 30.3 Å². The van der Waals surface area contributed by atoms with E-state index >= 15 is 4.39 Å². The summed E-state index contributed by atoms with van der Waals surface area (Å²) >= 11 is 0. The SMILES string of the molecule is CCCCCCCc1ccc(-c2ccc(-c3ccc(C4CCC(CCCCCCC)CO4)c(F)c3)cc2)c(F)c1F. The Balaban J connectivity index is 1.34. The van der Waals surface area contributed by atoms with Crippen LogP contribution in [0.1, 0.15) is 115 Å². The van der Waals surface area contributed by atoms with E-state index in [0.717, 1.165) is 49.7 Å². The van der Waals surface area contributed by atoms with Gasteiger partial charge in [-0.05, 0) is 66.3 Å². The maximum absolute atomic E-state index is 15.2. The molecule has 0 spiro atoms. The Morgan fingerprint density at radius 2 is 1.32 bits per heavy atom. The molecule has 4 rings (SSSR count). The summed E-state index contributed by atoms with van der Waals surface area (Å²) in [6, 6.07) is 15.9. The van der Waals surface area contributed by atoms with Crippen LogP contribution in [0.5, 0.6) is 0 Å². The zero-order chi connectivity index (χ0) is 29.0. The maximum Gasteiger partial charge on any atom is 0.166 e. The molecule has 0 aromatic heterocycles. The summed E-state index contributed by atoms with van der Waals surface area (Å²) in [7, 11) is 0. The zero-order valence-electron chi connectivity index (χ0n) is 25.0. The van der Waals surface area contributed by atoms with Gasteiger partial charge in [-0.25, -0.2) is 13.2 Å². The summed E-state index contributed by atoms with van der Waals surface area (Å²) in [6.07, 6.45) is 15.3. The van der Waals surface area contributed by atoms with Gasteiger partial charge in [-0.1, -0.05) is 120 Å². The molecule has 1 fully saturated rings. The molecule has 0 N–H and O–H groups in total. The highest BCUT2D eigenvalue weighted by molar-refractivity contribution is 5.71. The molecule has 2 atom stereocenters. The molecular formula is C37H47F3O. The van der Waals surface area contributed by atoms with Gasteiger partial charge in [0.1, 0.15) is 5.82 Å². The first-order valence-electron chi connectivity index (χ1n) is 16.0. The van der Waals surface area contributed by atoms with Gasteiger partial charge in [-0.15, -0.1) is 0 Å². The molecule has 3 aromatic rings. The first-order chi connectivity index (χ1) is 20.0. The predicted molar refractivity (Wildman–Crippen MR) is 164 cm³/mol. The van der Waals surface area contributed by atoms with Crippen molar-refractivity contribution in [1.82, 2.24) is 0 Å². The van der Waals surface area contributed by atoms with Crippen molar-refractivity contribution in [1.29, 1.82) is 0 Å². The molecule has 4 heteroatoms. The summed E-state index contributed by atoms with van der Waals surface area (Å²) in [5.74, 6) is -1.22. The van der Waals surface area contributed by atoms with Crippen LogP contribution in [0.3, 0.4) is 0 Å². The third kappa shape index (κ3) is 8.70.